The molecule has 1 atom stereocenters. The molecule has 0 radical (unpaired) electrons. The number of amides is 1. The first-order chi connectivity index (χ1) is 8.08. The molecule has 0 aromatic heterocycles. The fraction of sp³-hybridized carbons (Fsp3) is 0.917. The molecule has 1 aliphatic carbocycles. The molecule has 1 saturated carbocycles. The Kier molecular flexibility index (Phi) is 4.30. The lowest BCUT2D eigenvalue weighted by molar-refractivity contribution is -0.171. The van der Waals surface area contributed by atoms with Crippen molar-refractivity contribution < 1.29 is 18.0 Å². The van der Waals surface area contributed by atoms with Crippen molar-refractivity contribution >= 4 is 5.91 Å². The summed E-state index contributed by atoms with van der Waals surface area (Å²) in [5, 5.41) is 0. The van der Waals surface area contributed by atoms with E-state index in [9.17, 15) is 18.0 Å². The van der Waals surface area contributed by atoms with E-state index in [0.29, 0.717) is 0 Å². The first-order valence-corrected chi connectivity index (χ1v) is 6.16. The highest BCUT2D eigenvalue weighted by Gasteiger charge is 2.43. The van der Waals surface area contributed by atoms with Crippen LogP contribution >= 0.6 is 0 Å². The Bertz CT molecular complexity index is 311. The summed E-state index contributed by atoms with van der Waals surface area (Å²) in [6, 6.07) is -0.370. The van der Waals surface area contributed by atoms with E-state index >= 15 is 0 Å². The van der Waals surface area contributed by atoms with Crippen LogP contribution in [-0.4, -0.2) is 36.1 Å². The third kappa shape index (κ3) is 3.86. The number of rotatable bonds is 5. The molecule has 0 heterocycles. The van der Waals surface area contributed by atoms with Crippen LogP contribution in [0.4, 0.5) is 13.2 Å². The molecule has 1 fully saturated rings. The molecule has 0 aromatic carbocycles. The predicted octanol–water partition coefficient (Wildman–Crippen LogP) is 2.16. The number of nitrogens with two attached hydrogens (primary N) is 1. The lowest BCUT2D eigenvalue weighted by atomic mass is 9.91. The molecular weight excluding hydrogens is 245 g/mol. The number of nitrogens with zero attached hydrogens (tertiary/aromatic N) is 1. The maximum Gasteiger partial charge on any atom is 0.406 e. The molecule has 1 amide bonds. The third-order valence-corrected chi connectivity index (χ3v) is 3.50. The van der Waals surface area contributed by atoms with Crippen LogP contribution in [0.2, 0.25) is 0 Å². The number of halogens is 3. The molecule has 3 nitrogen and oxygen atoms in total. The zero-order valence-corrected chi connectivity index (χ0v) is 11.0. The summed E-state index contributed by atoms with van der Waals surface area (Å²) in [4.78, 5) is 13.1. The number of alkyl halides is 3. The molecule has 2 N–H and O–H groups in total. The van der Waals surface area contributed by atoms with E-state index < -0.39 is 24.0 Å². The van der Waals surface area contributed by atoms with Crippen LogP contribution < -0.4 is 5.73 Å². The summed E-state index contributed by atoms with van der Waals surface area (Å²) in [7, 11) is 0. The molecule has 0 saturated heterocycles. The van der Waals surface area contributed by atoms with Crippen molar-refractivity contribution in [2.45, 2.75) is 45.8 Å². The van der Waals surface area contributed by atoms with Gasteiger partial charge in [0, 0.05) is 12.6 Å². The zero-order chi connectivity index (χ0) is 14.1. The minimum atomic E-state index is -4.37. The van der Waals surface area contributed by atoms with Gasteiger partial charge in [0.05, 0.1) is 5.41 Å². The standard InChI is InChI=1S/C12H21F3N2O/c1-8(9-4-5-9)17(7-12(13,14)15)10(18)11(2,3)6-16/h8-9H,4-7,16H2,1-3H3. The van der Waals surface area contributed by atoms with Gasteiger partial charge in [-0.2, -0.15) is 13.2 Å². The van der Waals surface area contributed by atoms with Crippen LogP contribution in [0.25, 0.3) is 0 Å². The number of hydrogen-bond donors (Lipinski definition) is 1. The van der Waals surface area contributed by atoms with E-state index in [0.717, 1.165) is 17.7 Å². The summed E-state index contributed by atoms with van der Waals surface area (Å²) in [5.74, 6) is -0.313. The summed E-state index contributed by atoms with van der Waals surface area (Å²) >= 11 is 0. The van der Waals surface area contributed by atoms with Gasteiger partial charge in [-0.05, 0) is 39.5 Å². The van der Waals surface area contributed by atoms with Gasteiger partial charge in [-0.3, -0.25) is 4.79 Å². The first-order valence-electron chi connectivity index (χ1n) is 6.16. The Morgan fingerprint density at radius 1 is 1.39 bits per heavy atom. The molecule has 1 unspecified atom stereocenters. The van der Waals surface area contributed by atoms with Gasteiger partial charge in [0.15, 0.2) is 0 Å². The summed E-state index contributed by atoms with van der Waals surface area (Å²) in [6.07, 6.45) is -2.58. The first kappa shape index (κ1) is 15.3. The van der Waals surface area contributed by atoms with Crippen molar-refractivity contribution in [3.63, 3.8) is 0 Å². The topological polar surface area (TPSA) is 46.3 Å². The SMILES string of the molecule is CC(C1CC1)N(CC(F)(F)F)C(=O)C(C)(C)CN. The monoisotopic (exact) mass is 266 g/mol. The van der Waals surface area contributed by atoms with Gasteiger partial charge >= 0.3 is 6.18 Å². The van der Waals surface area contributed by atoms with Gasteiger partial charge < -0.3 is 10.6 Å². The van der Waals surface area contributed by atoms with E-state index in [1.807, 2.05) is 0 Å². The fourth-order valence-electron chi connectivity index (χ4n) is 1.90. The largest absolute Gasteiger partial charge is 0.406 e. The Balaban J connectivity index is 2.86. The predicted molar refractivity (Wildman–Crippen MR) is 62.8 cm³/mol. The smallest absolute Gasteiger partial charge is 0.330 e. The van der Waals surface area contributed by atoms with Crippen LogP contribution in [0, 0.1) is 11.3 Å². The van der Waals surface area contributed by atoms with Crippen LogP contribution in [-0.2, 0) is 4.79 Å². The van der Waals surface area contributed by atoms with Gasteiger partial charge in [0.2, 0.25) is 5.91 Å². The van der Waals surface area contributed by atoms with Crippen molar-refractivity contribution in [1.82, 2.24) is 4.90 Å². The fourth-order valence-corrected chi connectivity index (χ4v) is 1.90. The molecule has 18 heavy (non-hydrogen) atoms. The van der Waals surface area contributed by atoms with E-state index in [1.54, 1.807) is 20.8 Å². The summed E-state index contributed by atoms with van der Waals surface area (Å²) < 4.78 is 37.7. The molecule has 6 heteroatoms. The van der Waals surface area contributed by atoms with Crippen LogP contribution in [0.5, 0.6) is 0 Å². The maximum absolute atomic E-state index is 12.6. The second kappa shape index (κ2) is 5.07. The quantitative estimate of drug-likeness (QED) is 0.829. The molecule has 1 aliphatic rings. The van der Waals surface area contributed by atoms with Crippen molar-refractivity contribution in [2.24, 2.45) is 17.1 Å². The average Bonchev–Trinajstić information content (AvgIpc) is 3.06. The van der Waals surface area contributed by atoms with Crippen molar-refractivity contribution in [1.29, 1.82) is 0 Å². The Morgan fingerprint density at radius 2 is 1.89 bits per heavy atom. The Labute approximate surface area is 106 Å². The van der Waals surface area contributed by atoms with Crippen molar-refractivity contribution in [3.8, 4) is 0 Å². The van der Waals surface area contributed by atoms with E-state index in [1.165, 1.54) is 0 Å². The highest BCUT2D eigenvalue weighted by molar-refractivity contribution is 5.82. The minimum Gasteiger partial charge on any atom is -0.330 e. The van der Waals surface area contributed by atoms with Gasteiger partial charge in [-0.15, -0.1) is 0 Å². The van der Waals surface area contributed by atoms with Crippen LogP contribution in [0.15, 0.2) is 0 Å². The molecule has 0 spiro atoms. The third-order valence-electron chi connectivity index (χ3n) is 3.50. The summed E-state index contributed by atoms with van der Waals surface area (Å²) in [6.45, 7) is 3.70. The van der Waals surface area contributed by atoms with Crippen LogP contribution in [0.1, 0.15) is 33.6 Å². The van der Waals surface area contributed by atoms with Crippen LogP contribution in [0.3, 0.4) is 0 Å². The van der Waals surface area contributed by atoms with Crippen molar-refractivity contribution in [2.75, 3.05) is 13.1 Å². The van der Waals surface area contributed by atoms with E-state index in [-0.39, 0.29) is 18.5 Å². The van der Waals surface area contributed by atoms with Gasteiger partial charge in [-0.1, -0.05) is 0 Å². The number of carbonyl (C=O) groups is 1. The maximum atomic E-state index is 12.6. The zero-order valence-electron chi connectivity index (χ0n) is 11.0. The molecule has 1 rings (SSSR count). The van der Waals surface area contributed by atoms with Gasteiger partial charge in [0.25, 0.3) is 0 Å². The van der Waals surface area contributed by atoms with Gasteiger partial charge in [-0.25, -0.2) is 0 Å². The highest BCUT2D eigenvalue weighted by atomic mass is 19.4. The van der Waals surface area contributed by atoms with Crippen molar-refractivity contribution in [3.05, 3.63) is 0 Å². The molecule has 0 aliphatic heterocycles. The number of carbonyl (C=O) groups excluding carboxylic acids is 1. The Morgan fingerprint density at radius 3 is 2.22 bits per heavy atom. The normalized spacial score (nSPS) is 18.6. The molecule has 0 bridgehead atoms. The molecule has 106 valence electrons. The second-order valence-electron chi connectivity index (χ2n) is 5.71. The summed E-state index contributed by atoms with van der Waals surface area (Å²) in [5.41, 5.74) is 4.52. The molecular formula is C12H21F3N2O. The van der Waals surface area contributed by atoms with E-state index in [4.69, 9.17) is 5.73 Å². The molecule has 0 aromatic rings. The lowest BCUT2D eigenvalue weighted by Crippen LogP contribution is -2.52. The lowest BCUT2D eigenvalue weighted by Gasteiger charge is -2.36. The highest BCUT2D eigenvalue weighted by Crippen LogP contribution is 2.37. The minimum absolute atomic E-state index is 0.0393. The average molecular weight is 266 g/mol. The van der Waals surface area contributed by atoms with E-state index in [2.05, 4.69) is 0 Å². The Hall–Kier alpha value is -0.780. The second-order valence-corrected chi connectivity index (χ2v) is 5.71. The number of hydrogen-bond acceptors (Lipinski definition) is 2. The van der Waals surface area contributed by atoms with Gasteiger partial charge in [0.1, 0.15) is 6.54 Å².